The van der Waals surface area contributed by atoms with Crippen LogP contribution in [0.4, 0.5) is 4.39 Å². The molecule has 1 aromatic heterocycles. The molecule has 1 aromatic carbocycles. The summed E-state index contributed by atoms with van der Waals surface area (Å²) >= 11 is 0. The van der Waals surface area contributed by atoms with Crippen LogP contribution in [-0.2, 0) is 16.0 Å². The van der Waals surface area contributed by atoms with Crippen molar-refractivity contribution < 1.29 is 24.2 Å². The second-order valence-electron chi connectivity index (χ2n) is 5.51. The fourth-order valence-electron chi connectivity index (χ4n) is 2.34. The summed E-state index contributed by atoms with van der Waals surface area (Å²) in [7, 11) is 0. The monoisotopic (exact) mass is 331 g/mol. The van der Waals surface area contributed by atoms with Crippen LogP contribution in [0.2, 0.25) is 0 Å². The van der Waals surface area contributed by atoms with E-state index in [1.165, 1.54) is 12.1 Å². The molecule has 24 heavy (non-hydrogen) atoms. The summed E-state index contributed by atoms with van der Waals surface area (Å²) in [6.07, 6.45) is 0.0471. The van der Waals surface area contributed by atoms with Crippen LogP contribution in [0.5, 0.6) is 5.75 Å². The molecule has 0 aliphatic heterocycles. The summed E-state index contributed by atoms with van der Waals surface area (Å²) < 4.78 is 13.7. The van der Waals surface area contributed by atoms with Crippen molar-refractivity contribution in [3.63, 3.8) is 0 Å². The lowest BCUT2D eigenvalue weighted by Gasteiger charge is -2.09. The minimum absolute atomic E-state index is 0.0427. The van der Waals surface area contributed by atoms with Crippen LogP contribution in [0.25, 0.3) is 11.3 Å². The van der Waals surface area contributed by atoms with E-state index in [0.717, 1.165) is 0 Å². The number of carboxylic acid groups (broad SMARTS) is 1. The van der Waals surface area contributed by atoms with Gasteiger partial charge in [-0.2, -0.15) is 0 Å². The van der Waals surface area contributed by atoms with E-state index in [2.05, 4.69) is 4.98 Å². The molecule has 0 radical (unpaired) electrons. The molecule has 2 N–H and O–H groups in total. The summed E-state index contributed by atoms with van der Waals surface area (Å²) in [6.45, 7) is 1.65. The van der Waals surface area contributed by atoms with E-state index < -0.39 is 5.97 Å². The third-order valence-corrected chi connectivity index (χ3v) is 3.75. The van der Waals surface area contributed by atoms with Crippen molar-refractivity contribution in [3.8, 4) is 17.0 Å². The van der Waals surface area contributed by atoms with Gasteiger partial charge in [0, 0.05) is 24.8 Å². The number of pyridine rings is 1. The predicted octanol–water partition coefficient (Wildman–Crippen LogP) is 3.27. The van der Waals surface area contributed by atoms with Gasteiger partial charge >= 0.3 is 5.97 Å². The van der Waals surface area contributed by atoms with Crippen LogP contribution >= 0.6 is 0 Å². The Morgan fingerprint density at radius 1 is 1.12 bits per heavy atom. The fourth-order valence-corrected chi connectivity index (χ4v) is 2.34. The Bertz CT molecular complexity index is 774. The Morgan fingerprint density at radius 2 is 1.88 bits per heavy atom. The maximum atomic E-state index is 13.7. The third-order valence-electron chi connectivity index (χ3n) is 3.75. The van der Waals surface area contributed by atoms with E-state index in [0.29, 0.717) is 22.5 Å². The van der Waals surface area contributed by atoms with Crippen LogP contribution in [0.3, 0.4) is 0 Å². The molecule has 2 aromatic rings. The Balaban J connectivity index is 2.16. The molecule has 0 saturated carbocycles. The average molecular weight is 331 g/mol. The highest BCUT2D eigenvalue weighted by Crippen LogP contribution is 2.27. The second-order valence-corrected chi connectivity index (χ2v) is 5.51. The van der Waals surface area contributed by atoms with Crippen molar-refractivity contribution in [1.29, 1.82) is 0 Å². The number of halogens is 1. The zero-order valence-electron chi connectivity index (χ0n) is 13.3. The molecule has 126 valence electrons. The van der Waals surface area contributed by atoms with E-state index in [9.17, 15) is 19.1 Å². The first-order valence-electron chi connectivity index (χ1n) is 7.56. The van der Waals surface area contributed by atoms with Gasteiger partial charge in [-0.15, -0.1) is 0 Å². The zero-order chi connectivity index (χ0) is 17.7. The number of Topliss-reactive ketones (excluding diaryl/α,β-unsaturated/α-hetero) is 1. The van der Waals surface area contributed by atoms with Crippen molar-refractivity contribution in [2.75, 3.05) is 0 Å². The van der Waals surface area contributed by atoms with Crippen molar-refractivity contribution >= 4 is 11.8 Å². The quantitative estimate of drug-likeness (QED) is 0.813. The SMILES string of the molecule is Cc1c(F)cccc1-c1ccc(O)c(CCC(=O)CCC(=O)O)n1. The Hall–Kier alpha value is -2.76. The highest BCUT2D eigenvalue weighted by molar-refractivity contribution is 5.82. The van der Waals surface area contributed by atoms with Crippen molar-refractivity contribution in [3.05, 3.63) is 47.4 Å². The number of carbonyl (C=O) groups is 2. The van der Waals surface area contributed by atoms with Crippen LogP contribution < -0.4 is 0 Å². The van der Waals surface area contributed by atoms with Gasteiger partial charge in [-0.05, 0) is 30.7 Å². The number of carbonyl (C=O) groups excluding carboxylic acids is 1. The van der Waals surface area contributed by atoms with Gasteiger partial charge in [0.25, 0.3) is 0 Å². The van der Waals surface area contributed by atoms with Crippen LogP contribution in [-0.4, -0.2) is 26.9 Å². The number of hydrogen-bond acceptors (Lipinski definition) is 4. The van der Waals surface area contributed by atoms with E-state index in [4.69, 9.17) is 5.11 Å². The van der Waals surface area contributed by atoms with E-state index in [-0.39, 0.29) is 43.0 Å². The van der Waals surface area contributed by atoms with Gasteiger partial charge in [-0.3, -0.25) is 9.59 Å². The highest BCUT2D eigenvalue weighted by Gasteiger charge is 2.12. The number of rotatable bonds is 7. The number of aromatic nitrogens is 1. The summed E-state index contributed by atoms with van der Waals surface area (Å²) in [5.74, 6) is -1.61. The molecule has 0 atom stereocenters. The largest absolute Gasteiger partial charge is 0.506 e. The van der Waals surface area contributed by atoms with E-state index in [1.54, 1.807) is 25.1 Å². The maximum Gasteiger partial charge on any atom is 0.303 e. The number of nitrogens with zero attached hydrogens (tertiary/aromatic N) is 1. The molecule has 5 nitrogen and oxygen atoms in total. The van der Waals surface area contributed by atoms with Gasteiger partial charge in [0.1, 0.15) is 17.3 Å². The number of aromatic hydroxyl groups is 1. The molecular formula is C18H18FNO4. The normalized spacial score (nSPS) is 10.6. The molecule has 0 fully saturated rings. The number of carboxylic acids is 1. The van der Waals surface area contributed by atoms with E-state index >= 15 is 0 Å². The molecule has 6 heteroatoms. The Kier molecular flexibility index (Phi) is 5.63. The predicted molar refractivity (Wildman–Crippen MR) is 86.2 cm³/mol. The molecule has 1 heterocycles. The first kappa shape index (κ1) is 17.6. The lowest BCUT2D eigenvalue weighted by molar-refractivity contribution is -0.138. The number of aryl methyl sites for hydroxylation is 1. The molecule has 0 saturated heterocycles. The van der Waals surface area contributed by atoms with Crippen molar-refractivity contribution in [1.82, 2.24) is 4.98 Å². The third kappa shape index (κ3) is 4.38. The maximum absolute atomic E-state index is 13.7. The van der Waals surface area contributed by atoms with Crippen molar-refractivity contribution in [2.24, 2.45) is 0 Å². The van der Waals surface area contributed by atoms with Crippen LogP contribution in [0.1, 0.15) is 30.5 Å². The van der Waals surface area contributed by atoms with Gasteiger partial charge in [0.05, 0.1) is 17.8 Å². The van der Waals surface area contributed by atoms with Gasteiger partial charge in [0.2, 0.25) is 0 Å². The minimum atomic E-state index is -1.02. The topological polar surface area (TPSA) is 87.5 Å². The molecule has 0 bridgehead atoms. The van der Waals surface area contributed by atoms with Crippen LogP contribution in [0, 0.1) is 12.7 Å². The molecule has 0 unspecified atom stereocenters. The standard InChI is InChI=1S/C18H18FNO4/c1-11-13(3-2-4-14(11)19)15-8-9-17(22)16(20-15)7-5-12(21)6-10-18(23)24/h2-4,8-9,22H,5-7,10H2,1H3,(H,23,24). The fraction of sp³-hybridized carbons (Fsp3) is 0.278. The molecule has 0 amide bonds. The van der Waals surface area contributed by atoms with Gasteiger partial charge in [-0.1, -0.05) is 12.1 Å². The van der Waals surface area contributed by atoms with Crippen LogP contribution in [0.15, 0.2) is 30.3 Å². The first-order valence-corrected chi connectivity index (χ1v) is 7.56. The smallest absolute Gasteiger partial charge is 0.303 e. The summed E-state index contributed by atoms with van der Waals surface area (Å²) in [5, 5.41) is 18.5. The molecule has 0 aliphatic rings. The van der Waals surface area contributed by atoms with E-state index in [1.807, 2.05) is 0 Å². The molecule has 0 spiro atoms. The number of benzene rings is 1. The number of aliphatic carboxylic acids is 1. The molecular weight excluding hydrogens is 313 g/mol. The summed E-state index contributed by atoms with van der Waals surface area (Å²) in [5.41, 5.74) is 1.92. The summed E-state index contributed by atoms with van der Waals surface area (Å²) in [4.78, 5) is 26.4. The van der Waals surface area contributed by atoms with Gasteiger partial charge in [-0.25, -0.2) is 9.37 Å². The average Bonchev–Trinajstić information content (AvgIpc) is 2.55. The second kappa shape index (κ2) is 7.68. The lowest BCUT2D eigenvalue weighted by atomic mass is 10.0. The number of ketones is 1. The minimum Gasteiger partial charge on any atom is -0.506 e. The van der Waals surface area contributed by atoms with Gasteiger partial charge < -0.3 is 10.2 Å². The van der Waals surface area contributed by atoms with Crippen molar-refractivity contribution in [2.45, 2.75) is 32.6 Å². The molecule has 2 rings (SSSR count). The Morgan fingerprint density at radius 3 is 2.58 bits per heavy atom. The first-order chi connectivity index (χ1) is 11.4. The lowest BCUT2D eigenvalue weighted by Crippen LogP contribution is -2.05. The highest BCUT2D eigenvalue weighted by atomic mass is 19.1. The Labute approximate surface area is 138 Å². The number of hydrogen-bond donors (Lipinski definition) is 2. The summed E-state index contributed by atoms with van der Waals surface area (Å²) in [6, 6.07) is 7.73. The van der Waals surface area contributed by atoms with Gasteiger partial charge in [0.15, 0.2) is 0 Å². The molecule has 0 aliphatic carbocycles. The zero-order valence-corrected chi connectivity index (χ0v) is 13.3.